The average molecular weight is 315 g/mol. The van der Waals surface area contributed by atoms with E-state index in [0.29, 0.717) is 0 Å². The summed E-state index contributed by atoms with van der Waals surface area (Å²) in [5.74, 6) is -1.95. The zero-order chi connectivity index (χ0) is 16.9. The highest BCUT2D eigenvalue weighted by Gasteiger charge is 2.75. The van der Waals surface area contributed by atoms with Crippen molar-refractivity contribution in [1.29, 1.82) is 0 Å². The van der Waals surface area contributed by atoms with Crippen LogP contribution in [0, 0.1) is 11.3 Å². The third kappa shape index (κ3) is 1.99. The topological polar surface area (TPSA) is 96.3 Å². The first-order valence-electron chi connectivity index (χ1n) is 7.42. The molecule has 2 aliphatic rings. The number of ether oxygens (including phenoxy) is 2. The number of hydrogen-bond donors (Lipinski definition) is 2. The summed E-state index contributed by atoms with van der Waals surface area (Å²) in [6.45, 7) is 6.75. The van der Waals surface area contributed by atoms with Crippen molar-refractivity contribution in [2.24, 2.45) is 11.3 Å². The van der Waals surface area contributed by atoms with Gasteiger partial charge in [-0.25, -0.2) is 4.79 Å². The lowest BCUT2D eigenvalue weighted by molar-refractivity contribution is -0.167. The van der Waals surface area contributed by atoms with Crippen molar-refractivity contribution in [3.8, 4) is 0 Å². The van der Waals surface area contributed by atoms with Crippen LogP contribution < -0.4 is 0 Å². The highest BCUT2D eigenvalue weighted by atomic mass is 16.6. The minimum Gasteiger partial charge on any atom is -0.467 e. The van der Waals surface area contributed by atoms with Crippen LogP contribution in [0.1, 0.15) is 34.1 Å². The van der Waals surface area contributed by atoms with Gasteiger partial charge in [-0.15, -0.1) is 0 Å². The molecule has 1 amide bonds. The second-order valence-electron chi connectivity index (χ2n) is 7.30. The van der Waals surface area contributed by atoms with Crippen LogP contribution in [-0.2, 0) is 19.1 Å². The number of carbonyl (C=O) groups excluding carboxylic acids is 2. The third-order valence-electron chi connectivity index (χ3n) is 4.83. The summed E-state index contributed by atoms with van der Waals surface area (Å²) in [4.78, 5) is 26.7. The van der Waals surface area contributed by atoms with E-state index in [1.54, 1.807) is 0 Å². The van der Waals surface area contributed by atoms with Crippen LogP contribution in [0.3, 0.4) is 0 Å². The van der Waals surface area contributed by atoms with E-state index in [2.05, 4.69) is 0 Å². The Kier molecular flexibility index (Phi) is 4.04. The maximum absolute atomic E-state index is 12.8. The molecule has 2 aliphatic heterocycles. The number of esters is 1. The van der Waals surface area contributed by atoms with Gasteiger partial charge in [0.1, 0.15) is 11.8 Å². The zero-order valence-electron chi connectivity index (χ0n) is 13.8. The van der Waals surface area contributed by atoms with Crippen LogP contribution in [0.15, 0.2) is 0 Å². The summed E-state index contributed by atoms with van der Waals surface area (Å²) in [6, 6.07) is 0. The summed E-state index contributed by atoms with van der Waals surface area (Å²) in [5.41, 5.74) is -3.69. The van der Waals surface area contributed by atoms with Gasteiger partial charge < -0.3 is 19.7 Å². The number of nitrogens with zero attached hydrogens (tertiary/aromatic N) is 1. The Balaban J connectivity index is 2.59. The lowest BCUT2D eigenvalue weighted by Crippen LogP contribution is -2.64. The normalized spacial score (nSPS) is 38.3. The molecule has 2 fully saturated rings. The highest BCUT2D eigenvalue weighted by molar-refractivity contribution is 5.96. The number of hydrogen-bond acceptors (Lipinski definition) is 6. The largest absolute Gasteiger partial charge is 0.467 e. The molecule has 0 unspecified atom stereocenters. The van der Waals surface area contributed by atoms with Crippen molar-refractivity contribution in [2.45, 2.75) is 51.5 Å². The fourth-order valence-corrected chi connectivity index (χ4v) is 3.64. The fourth-order valence-electron chi connectivity index (χ4n) is 3.64. The predicted molar refractivity (Wildman–Crippen MR) is 76.6 cm³/mol. The van der Waals surface area contributed by atoms with Crippen molar-refractivity contribution in [3.05, 3.63) is 0 Å². The minimum absolute atomic E-state index is 0.0813. The van der Waals surface area contributed by atoms with Crippen molar-refractivity contribution in [3.63, 3.8) is 0 Å². The first-order chi connectivity index (χ1) is 10.1. The van der Waals surface area contributed by atoms with Crippen LogP contribution in [0.4, 0.5) is 0 Å². The monoisotopic (exact) mass is 315 g/mol. The fraction of sp³-hybridized carbons (Fsp3) is 0.867. The van der Waals surface area contributed by atoms with Crippen molar-refractivity contribution in [1.82, 2.24) is 4.90 Å². The molecule has 126 valence electrons. The van der Waals surface area contributed by atoms with Gasteiger partial charge in [0.25, 0.3) is 0 Å². The van der Waals surface area contributed by atoms with Gasteiger partial charge in [0, 0.05) is 12.0 Å². The van der Waals surface area contributed by atoms with Gasteiger partial charge in [0.15, 0.2) is 5.54 Å². The molecule has 0 aromatic rings. The van der Waals surface area contributed by atoms with Gasteiger partial charge >= 0.3 is 5.97 Å². The molecule has 0 aromatic heterocycles. The standard InChI is InChI=1S/C15H25NO6/c1-13(2,3)11-16-10(18)9(6-7-17)14(4,20)15(16,8-22-11)12(19)21-5/h9,11,17,20H,6-8H2,1-5H3/t9-,11+,14-,15-/m1/s1. The Labute approximate surface area is 130 Å². The Morgan fingerprint density at radius 3 is 2.55 bits per heavy atom. The van der Waals surface area contributed by atoms with E-state index in [1.807, 2.05) is 20.8 Å². The van der Waals surface area contributed by atoms with E-state index in [1.165, 1.54) is 18.9 Å². The SMILES string of the molecule is COC(=O)[C@@]12CO[C@@H](C(C)(C)C)N1C(=O)[C@@H](CCO)[C@@]2(C)O. The van der Waals surface area contributed by atoms with Gasteiger partial charge in [-0.2, -0.15) is 0 Å². The van der Waals surface area contributed by atoms with Gasteiger partial charge in [-0.05, 0) is 13.3 Å². The molecule has 0 bridgehead atoms. The Morgan fingerprint density at radius 1 is 1.50 bits per heavy atom. The Morgan fingerprint density at radius 2 is 2.09 bits per heavy atom. The van der Waals surface area contributed by atoms with E-state index in [4.69, 9.17) is 9.47 Å². The molecule has 2 N–H and O–H groups in total. The number of fused-ring (bicyclic) bond motifs is 1. The Bertz CT molecular complexity index is 483. The molecule has 2 heterocycles. The first-order valence-corrected chi connectivity index (χ1v) is 7.42. The number of aliphatic hydroxyl groups excluding tert-OH is 1. The van der Waals surface area contributed by atoms with E-state index in [0.717, 1.165) is 0 Å². The lowest BCUT2D eigenvalue weighted by Gasteiger charge is -2.40. The van der Waals surface area contributed by atoms with Gasteiger partial charge in [0.2, 0.25) is 5.91 Å². The van der Waals surface area contributed by atoms with Crippen molar-refractivity contribution in [2.75, 3.05) is 20.3 Å². The second-order valence-corrected chi connectivity index (χ2v) is 7.30. The smallest absolute Gasteiger partial charge is 0.337 e. The molecule has 0 aliphatic carbocycles. The molecule has 0 radical (unpaired) electrons. The molecule has 2 saturated heterocycles. The quantitative estimate of drug-likeness (QED) is 0.706. The number of amides is 1. The van der Waals surface area contributed by atoms with Crippen LogP contribution in [0.5, 0.6) is 0 Å². The zero-order valence-corrected chi connectivity index (χ0v) is 13.8. The van der Waals surface area contributed by atoms with Gasteiger partial charge in [-0.3, -0.25) is 9.69 Å². The number of aliphatic hydroxyl groups is 2. The number of carbonyl (C=O) groups is 2. The molecule has 2 rings (SSSR count). The van der Waals surface area contributed by atoms with Crippen LogP contribution in [0.2, 0.25) is 0 Å². The molecule has 22 heavy (non-hydrogen) atoms. The summed E-state index contributed by atoms with van der Waals surface area (Å²) in [5, 5.41) is 20.2. The molecule has 0 aromatic carbocycles. The molecule has 0 saturated carbocycles. The highest BCUT2D eigenvalue weighted by Crippen LogP contribution is 2.52. The molecular formula is C15H25NO6. The molecular weight excluding hydrogens is 290 g/mol. The summed E-state index contributed by atoms with van der Waals surface area (Å²) in [6.07, 6.45) is -0.563. The van der Waals surface area contributed by atoms with E-state index in [9.17, 15) is 19.8 Å². The molecule has 7 nitrogen and oxygen atoms in total. The molecule has 4 atom stereocenters. The van der Waals surface area contributed by atoms with Crippen LogP contribution >= 0.6 is 0 Å². The lowest BCUT2D eigenvalue weighted by atomic mass is 9.75. The summed E-state index contributed by atoms with van der Waals surface area (Å²) in [7, 11) is 1.22. The minimum atomic E-state index is -1.68. The van der Waals surface area contributed by atoms with Crippen molar-refractivity contribution < 1.29 is 29.3 Å². The number of methoxy groups -OCH3 is 1. The van der Waals surface area contributed by atoms with Gasteiger partial charge in [0.05, 0.1) is 19.6 Å². The van der Waals surface area contributed by atoms with Crippen LogP contribution in [0.25, 0.3) is 0 Å². The van der Waals surface area contributed by atoms with E-state index < -0.39 is 34.7 Å². The Hall–Kier alpha value is -1.18. The maximum atomic E-state index is 12.8. The summed E-state index contributed by atoms with van der Waals surface area (Å²) < 4.78 is 10.6. The predicted octanol–water partition coefficient (Wildman–Crippen LogP) is -0.108. The third-order valence-corrected chi connectivity index (χ3v) is 4.83. The maximum Gasteiger partial charge on any atom is 0.337 e. The molecule has 0 spiro atoms. The van der Waals surface area contributed by atoms with Crippen LogP contribution in [-0.4, -0.2) is 64.7 Å². The second kappa shape index (κ2) is 5.18. The average Bonchev–Trinajstić information content (AvgIpc) is 2.90. The van der Waals surface area contributed by atoms with E-state index >= 15 is 0 Å². The first kappa shape index (κ1) is 17.2. The van der Waals surface area contributed by atoms with E-state index in [-0.39, 0.29) is 25.5 Å². The number of rotatable bonds is 3. The summed E-state index contributed by atoms with van der Waals surface area (Å²) >= 11 is 0. The molecule has 7 heteroatoms. The van der Waals surface area contributed by atoms with Crippen molar-refractivity contribution >= 4 is 11.9 Å². The van der Waals surface area contributed by atoms with Gasteiger partial charge in [-0.1, -0.05) is 20.8 Å².